The van der Waals surface area contributed by atoms with Crippen molar-refractivity contribution in [1.82, 2.24) is 9.80 Å². The van der Waals surface area contributed by atoms with Crippen LogP contribution >= 0.6 is 11.3 Å². The molecule has 3 aromatic rings. The van der Waals surface area contributed by atoms with Crippen LogP contribution in [0.3, 0.4) is 0 Å². The van der Waals surface area contributed by atoms with Gasteiger partial charge in [0.05, 0.1) is 17.7 Å². The molecule has 1 aromatic heterocycles. The molecule has 194 valence electrons. The molecule has 6 nitrogen and oxygen atoms in total. The van der Waals surface area contributed by atoms with Gasteiger partial charge >= 0.3 is 0 Å². The van der Waals surface area contributed by atoms with Crippen molar-refractivity contribution in [2.24, 2.45) is 0 Å². The number of carbonyl (C=O) groups excluding carboxylic acids is 2. The second kappa shape index (κ2) is 11.4. The molecule has 0 unspecified atom stereocenters. The lowest BCUT2D eigenvalue weighted by molar-refractivity contribution is -0.135. The minimum Gasteiger partial charge on any atom is -0.491 e. The van der Waals surface area contributed by atoms with Crippen molar-refractivity contribution in [3.8, 4) is 5.75 Å². The summed E-state index contributed by atoms with van der Waals surface area (Å²) < 4.78 is 39.5. The first-order chi connectivity index (χ1) is 18.0. The zero-order valence-corrected chi connectivity index (χ0v) is 21.1. The van der Waals surface area contributed by atoms with Crippen molar-refractivity contribution < 1.29 is 27.8 Å². The van der Waals surface area contributed by atoms with E-state index in [1.54, 1.807) is 34.4 Å². The Balaban J connectivity index is 1.36. The van der Waals surface area contributed by atoms with Crippen molar-refractivity contribution in [2.45, 2.75) is 31.4 Å². The minimum absolute atomic E-state index is 0.0664. The number of rotatable bonds is 8. The lowest BCUT2D eigenvalue weighted by Gasteiger charge is -2.37. The first kappa shape index (κ1) is 25.4. The molecule has 2 amide bonds. The van der Waals surface area contributed by atoms with Crippen LogP contribution in [0.4, 0.5) is 8.78 Å². The Kier molecular flexibility index (Phi) is 7.81. The highest BCUT2D eigenvalue weighted by atomic mass is 32.1. The van der Waals surface area contributed by atoms with E-state index < -0.39 is 11.7 Å². The number of carbonyl (C=O) groups is 2. The van der Waals surface area contributed by atoms with Gasteiger partial charge in [0, 0.05) is 24.6 Å². The molecular formula is C28H28F2N2O4S. The zero-order valence-electron chi connectivity index (χ0n) is 20.3. The molecule has 2 aliphatic heterocycles. The Morgan fingerprint density at radius 1 is 1.11 bits per heavy atom. The first-order valence-electron chi connectivity index (χ1n) is 12.4. The SMILES string of the molecule is O=C(c1ccccc1F)N(CC(=O)N1CCc2sccc2[C@@H]1COc1ccc(F)cc1)C[C@@H]1CCCO1. The maximum absolute atomic E-state index is 14.5. The van der Waals surface area contributed by atoms with Gasteiger partial charge in [0.25, 0.3) is 5.91 Å². The molecule has 0 spiro atoms. The highest BCUT2D eigenvalue weighted by Crippen LogP contribution is 2.34. The highest BCUT2D eigenvalue weighted by molar-refractivity contribution is 7.10. The fourth-order valence-corrected chi connectivity index (χ4v) is 5.82. The summed E-state index contributed by atoms with van der Waals surface area (Å²) in [6.07, 6.45) is 2.19. The van der Waals surface area contributed by atoms with Crippen LogP contribution in [0.2, 0.25) is 0 Å². The van der Waals surface area contributed by atoms with Gasteiger partial charge in [-0.05, 0) is 72.7 Å². The van der Waals surface area contributed by atoms with Crippen molar-refractivity contribution in [2.75, 3.05) is 32.8 Å². The molecule has 2 aliphatic rings. The van der Waals surface area contributed by atoms with Gasteiger partial charge < -0.3 is 19.3 Å². The Labute approximate surface area is 218 Å². The predicted molar refractivity (Wildman–Crippen MR) is 136 cm³/mol. The van der Waals surface area contributed by atoms with Crippen LogP contribution in [-0.2, 0) is 16.0 Å². The summed E-state index contributed by atoms with van der Waals surface area (Å²) in [5.41, 5.74) is 0.945. The molecule has 1 saturated heterocycles. The molecule has 5 rings (SSSR count). The summed E-state index contributed by atoms with van der Waals surface area (Å²) in [7, 11) is 0. The third kappa shape index (κ3) is 5.83. The lowest BCUT2D eigenvalue weighted by atomic mass is 10.00. The number of ether oxygens (including phenoxy) is 2. The van der Waals surface area contributed by atoms with Gasteiger partial charge in [0.15, 0.2) is 0 Å². The van der Waals surface area contributed by atoms with Crippen LogP contribution in [0.1, 0.15) is 39.7 Å². The summed E-state index contributed by atoms with van der Waals surface area (Å²) in [6.45, 7) is 1.29. The smallest absolute Gasteiger partial charge is 0.257 e. The van der Waals surface area contributed by atoms with Crippen molar-refractivity contribution in [3.05, 3.63) is 87.6 Å². The first-order valence-corrected chi connectivity index (χ1v) is 13.3. The predicted octanol–water partition coefficient (Wildman–Crippen LogP) is 4.85. The average Bonchev–Trinajstić information content (AvgIpc) is 3.60. The molecule has 0 N–H and O–H groups in total. The fourth-order valence-electron chi connectivity index (χ4n) is 4.89. The van der Waals surface area contributed by atoms with E-state index in [2.05, 4.69) is 0 Å². The zero-order chi connectivity index (χ0) is 25.8. The number of hydrogen-bond donors (Lipinski definition) is 0. The third-order valence-corrected chi connectivity index (χ3v) is 7.80. The van der Waals surface area contributed by atoms with Gasteiger partial charge in [0.1, 0.15) is 30.5 Å². The van der Waals surface area contributed by atoms with E-state index in [0.29, 0.717) is 25.3 Å². The van der Waals surface area contributed by atoms with E-state index in [1.165, 1.54) is 40.1 Å². The van der Waals surface area contributed by atoms with E-state index in [0.717, 1.165) is 18.4 Å². The molecule has 1 fully saturated rings. The molecule has 0 saturated carbocycles. The Morgan fingerprint density at radius 3 is 2.68 bits per heavy atom. The van der Waals surface area contributed by atoms with E-state index in [4.69, 9.17) is 9.47 Å². The van der Waals surface area contributed by atoms with Crippen molar-refractivity contribution in [1.29, 1.82) is 0 Å². The average molecular weight is 527 g/mol. The van der Waals surface area contributed by atoms with Gasteiger partial charge in [-0.25, -0.2) is 8.78 Å². The maximum Gasteiger partial charge on any atom is 0.257 e. The molecule has 3 heterocycles. The summed E-state index contributed by atoms with van der Waals surface area (Å²) in [4.78, 5) is 31.4. The summed E-state index contributed by atoms with van der Waals surface area (Å²) in [6, 6.07) is 13.2. The Hall–Kier alpha value is -3.30. The topological polar surface area (TPSA) is 59.1 Å². The minimum atomic E-state index is -0.622. The molecular weight excluding hydrogens is 498 g/mol. The molecule has 0 radical (unpaired) electrons. The monoisotopic (exact) mass is 526 g/mol. The van der Waals surface area contributed by atoms with E-state index in [-0.39, 0.29) is 49.1 Å². The van der Waals surface area contributed by atoms with Gasteiger partial charge in [-0.1, -0.05) is 12.1 Å². The normalized spacial score (nSPS) is 18.9. The van der Waals surface area contributed by atoms with E-state index in [1.807, 2.05) is 11.4 Å². The quantitative estimate of drug-likeness (QED) is 0.421. The van der Waals surface area contributed by atoms with Gasteiger partial charge in [0.2, 0.25) is 5.91 Å². The second-order valence-corrected chi connectivity index (χ2v) is 10.2. The van der Waals surface area contributed by atoms with E-state index >= 15 is 0 Å². The van der Waals surface area contributed by atoms with Crippen LogP contribution < -0.4 is 4.74 Å². The molecule has 9 heteroatoms. The second-order valence-electron chi connectivity index (χ2n) is 9.22. The maximum atomic E-state index is 14.5. The van der Waals surface area contributed by atoms with E-state index in [9.17, 15) is 18.4 Å². The Morgan fingerprint density at radius 2 is 1.92 bits per heavy atom. The summed E-state index contributed by atoms with van der Waals surface area (Å²) in [5.74, 6) is -1.25. The van der Waals surface area contributed by atoms with Crippen LogP contribution in [-0.4, -0.2) is 60.6 Å². The van der Waals surface area contributed by atoms with Gasteiger partial charge in [-0.2, -0.15) is 0 Å². The lowest BCUT2D eigenvalue weighted by Crippen LogP contribution is -2.49. The van der Waals surface area contributed by atoms with Crippen molar-refractivity contribution in [3.63, 3.8) is 0 Å². The fraction of sp³-hybridized carbons (Fsp3) is 0.357. The highest BCUT2D eigenvalue weighted by Gasteiger charge is 2.35. The molecule has 2 aromatic carbocycles. The number of thiophene rings is 1. The molecule has 2 atom stereocenters. The number of fused-ring (bicyclic) bond motifs is 1. The van der Waals surface area contributed by atoms with Crippen LogP contribution in [0.25, 0.3) is 0 Å². The summed E-state index contributed by atoms with van der Waals surface area (Å²) >= 11 is 1.64. The van der Waals surface area contributed by atoms with Crippen LogP contribution in [0.15, 0.2) is 60.0 Å². The summed E-state index contributed by atoms with van der Waals surface area (Å²) in [5, 5.41) is 2.00. The van der Waals surface area contributed by atoms with Gasteiger partial charge in [-0.3, -0.25) is 9.59 Å². The molecule has 0 bridgehead atoms. The van der Waals surface area contributed by atoms with Crippen molar-refractivity contribution >= 4 is 23.2 Å². The number of amides is 2. The van der Waals surface area contributed by atoms with Gasteiger partial charge in [-0.15, -0.1) is 11.3 Å². The molecule has 37 heavy (non-hydrogen) atoms. The Bertz CT molecular complexity index is 1240. The van der Waals surface area contributed by atoms with Crippen LogP contribution in [0.5, 0.6) is 5.75 Å². The largest absolute Gasteiger partial charge is 0.491 e. The third-order valence-electron chi connectivity index (χ3n) is 6.80. The number of hydrogen-bond acceptors (Lipinski definition) is 5. The standard InChI is InChI=1S/C28H28F2N2O4S/c29-19-7-9-20(10-8-19)36-18-25-23-12-15-37-26(23)11-13-32(25)27(33)17-31(16-21-4-3-14-35-21)28(34)22-5-1-2-6-24(22)30/h1-2,5-10,12,15,21,25H,3-4,11,13-14,16-18H2/t21-,25-/m0/s1. The molecule has 0 aliphatic carbocycles. The van der Waals surface area contributed by atoms with Crippen LogP contribution in [0, 0.1) is 11.6 Å². The number of halogens is 2. The number of nitrogens with zero attached hydrogens (tertiary/aromatic N) is 2. The number of benzene rings is 2.